The molecule has 5 heteroatoms. The van der Waals surface area contributed by atoms with Gasteiger partial charge in [0.2, 0.25) is 0 Å². The van der Waals surface area contributed by atoms with E-state index in [9.17, 15) is 5.11 Å². The molecule has 3 heterocycles. The number of piperidine rings is 1. The number of nitrogens with zero attached hydrogens (tertiary/aromatic N) is 3. The van der Waals surface area contributed by atoms with Crippen LogP contribution in [0.3, 0.4) is 0 Å². The molecule has 0 amide bonds. The lowest BCUT2D eigenvalue weighted by Gasteiger charge is -2.38. The summed E-state index contributed by atoms with van der Waals surface area (Å²) in [7, 11) is 0. The predicted molar refractivity (Wildman–Crippen MR) is 84.7 cm³/mol. The number of aryl methyl sites for hydroxylation is 1. The molecule has 21 heavy (non-hydrogen) atoms. The summed E-state index contributed by atoms with van der Waals surface area (Å²) >= 11 is 0. The minimum Gasteiger partial charge on any atom is -0.393 e. The number of hydrogen-bond acceptors (Lipinski definition) is 5. The van der Waals surface area contributed by atoms with E-state index in [2.05, 4.69) is 35.1 Å². The van der Waals surface area contributed by atoms with Gasteiger partial charge in [0.25, 0.3) is 0 Å². The highest BCUT2D eigenvalue weighted by Crippen LogP contribution is 2.39. The number of anilines is 2. The molecular formula is C16H26N4O. The average Bonchev–Trinajstić information content (AvgIpc) is 2.71. The molecule has 1 aromatic heterocycles. The lowest BCUT2D eigenvalue weighted by Crippen LogP contribution is -2.45. The van der Waals surface area contributed by atoms with Crippen LogP contribution in [0.2, 0.25) is 0 Å². The summed E-state index contributed by atoms with van der Waals surface area (Å²) in [5.74, 6) is 2.90. The van der Waals surface area contributed by atoms with Crippen molar-refractivity contribution in [3.05, 3.63) is 11.9 Å². The summed E-state index contributed by atoms with van der Waals surface area (Å²) in [6.45, 7) is 5.11. The summed E-state index contributed by atoms with van der Waals surface area (Å²) in [4.78, 5) is 11.8. The molecule has 2 unspecified atom stereocenters. The van der Waals surface area contributed by atoms with E-state index in [1.54, 1.807) is 0 Å². The van der Waals surface area contributed by atoms with Gasteiger partial charge in [-0.2, -0.15) is 0 Å². The summed E-state index contributed by atoms with van der Waals surface area (Å²) < 4.78 is 0. The largest absolute Gasteiger partial charge is 0.393 e. The molecule has 2 N–H and O–H groups in total. The Hall–Kier alpha value is -1.36. The van der Waals surface area contributed by atoms with Gasteiger partial charge in [-0.15, -0.1) is 0 Å². The topological polar surface area (TPSA) is 61.3 Å². The van der Waals surface area contributed by atoms with Gasteiger partial charge < -0.3 is 15.3 Å². The van der Waals surface area contributed by atoms with Crippen LogP contribution in [0.5, 0.6) is 0 Å². The van der Waals surface area contributed by atoms with Crippen LogP contribution in [-0.4, -0.2) is 39.8 Å². The van der Waals surface area contributed by atoms with Crippen molar-refractivity contribution in [3.63, 3.8) is 0 Å². The third-order valence-corrected chi connectivity index (χ3v) is 4.56. The van der Waals surface area contributed by atoms with Gasteiger partial charge in [-0.05, 0) is 39.0 Å². The molecule has 0 radical (unpaired) electrons. The Kier molecular flexibility index (Phi) is 4.29. The molecule has 0 spiro atoms. The Bertz CT molecular complexity index is 455. The number of fused-ring (bicyclic) bond motifs is 2. The predicted octanol–water partition coefficient (Wildman–Crippen LogP) is 2.35. The van der Waals surface area contributed by atoms with Crippen molar-refractivity contribution < 1.29 is 5.11 Å². The number of aliphatic hydroxyl groups is 1. The molecule has 116 valence electrons. The quantitative estimate of drug-likeness (QED) is 0.871. The van der Waals surface area contributed by atoms with Crippen LogP contribution in [0.25, 0.3) is 0 Å². The lowest BCUT2D eigenvalue weighted by atomic mass is 10.00. The second-order valence-corrected chi connectivity index (χ2v) is 6.23. The van der Waals surface area contributed by atoms with Crippen LogP contribution in [0.4, 0.5) is 11.6 Å². The summed E-state index contributed by atoms with van der Waals surface area (Å²) in [6.07, 6.45) is 5.93. The fraction of sp³-hybridized carbons (Fsp3) is 0.750. The van der Waals surface area contributed by atoms with Crippen LogP contribution in [-0.2, 0) is 6.42 Å². The van der Waals surface area contributed by atoms with Crippen LogP contribution in [0.1, 0.15) is 51.8 Å². The van der Waals surface area contributed by atoms with E-state index in [4.69, 9.17) is 4.98 Å². The molecule has 2 fully saturated rings. The highest BCUT2D eigenvalue weighted by atomic mass is 16.3. The van der Waals surface area contributed by atoms with Gasteiger partial charge in [0.05, 0.1) is 6.10 Å². The van der Waals surface area contributed by atoms with Crippen molar-refractivity contribution in [1.82, 2.24) is 9.97 Å². The SMILES string of the molecule is CCCc1nc(NCC)cc(N2C3CCC2CC(O)C3)n1. The maximum Gasteiger partial charge on any atom is 0.134 e. The molecule has 2 aliphatic heterocycles. The zero-order valence-electron chi connectivity index (χ0n) is 13.0. The van der Waals surface area contributed by atoms with E-state index in [0.717, 1.165) is 49.7 Å². The zero-order chi connectivity index (χ0) is 14.8. The molecule has 0 aliphatic carbocycles. The van der Waals surface area contributed by atoms with Crippen LogP contribution in [0.15, 0.2) is 6.07 Å². The number of aliphatic hydroxyl groups excluding tert-OH is 1. The minimum atomic E-state index is -0.135. The summed E-state index contributed by atoms with van der Waals surface area (Å²) in [6, 6.07) is 2.96. The molecule has 2 aliphatic rings. The smallest absolute Gasteiger partial charge is 0.134 e. The first-order valence-electron chi connectivity index (χ1n) is 8.29. The fourth-order valence-electron chi connectivity index (χ4n) is 3.74. The van der Waals surface area contributed by atoms with Crippen molar-refractivity contribution in [2.75, 3.05) is 16.8 Å². The fourth-order valence-corrected chi connectivity index (χ4v) is 3.74. The Morgan fingerprint density at radius 3 is 2.57 bits per heavy atom. The van der Waals surface area contributed by atoms with Crippen LogP contribution < -0.4 is 10.2 Å². The molecule has 2 saturated heterocycles. The Balaban J connectivity index is 1.90. The highest BCUT2D eigenvalue weighted by Gasteiger charge is 2.41. The maximum absolute atomic E-state index is 9.96. The Morgan fingerprint density at radius 1 is 1.24 bits per heavy atom. The van der Waals surface area contributed by atoms with Gasteiger partial charge in [0.1, 0.15) is 17.5 Å². The second-order valence-electron chi connectivity index (χ2n) is 6.23. The van der Waals surface area contributed by atoms with Crippen molar-refractivity contribution in [3.8, 4) is 0 Å². The van der Waals surface area contributed by atoms with Crippen molar-refractivity contribution in [1.29, 1.82) is 0 Å². The van der Waals surface area contributed by atoms with Crippen molar-refractivity contribution in [2.45, 2.75) is 70.6 Å². The molecular weight excluding hydrogens is 264 g/mol. The minimum absolute atomic E-state index is 0.135. The van der Waals surface area contributed by atoms with E-state index in [1.165, 1.54) is 12.8 Å². The molecule has 2 atom stereocenters. The maximum atomic E-state index is 9.96. The van der Waals surface area contributed by atoms with Crippen LogP contribution in [0, 0.1) is 0 Å². The molecule has 0 aromatic carbocycles. The van der Waals surface area contributed by atoms with E-state index in [0.29, 0.717) is 12.1 Å². The number of hydrogen-bond donors (Lipinski definition) is 2. The monoisotopic (exact) mass is 290 g/mol. The van der Waals surface area contributed by atoms with Gasteiger partial charge in [-0.3, -0.25) is 0 Å². The second kappa shape index (κ2) is 6.18. The van der Waals surface area contributed by atoms with E-state index >= 15 is 0 Å². The lowest BCUT2D eigenvalue weighted by molar-refractivity contribution is 0.126. The Morgan fingerprint density at radius 2 is 1.95 bits per heavy atom. The van der Waals surface area contributed by atoms with Gasteiger partial charge in [0.15, 0.2) is 0 Å². The van der Waals surface area contributed by atoms with Gasteiger partial charge >= 0.3 is 0 Å². The van der Waals surface area contributed by atoms with Gasteiger partial charge in [0, 0.05) is 31.1 Å². The number of rotatable bonds is 5. The normalized spacial score (nSPS) is 28.0. The van der Waals surface area contributed by atoms with Crippen molar-refractivity contribution >= 4 is 11.6 Å². The average molecular weight is 290 g/mol. The number of nitrogens with one attached hydrogen (secondary N) is 1. The summed E-state index contributed by atoms with van der Waals surface area (Å²) in [5, 5.41) is 13.3. The van der Waals surface area contributed by atoms with Gasteiger partial charge in [-0.1, -0.05) is 6.92 Å². The molecule has 2 bridgehead atoms. The molecule has 0 saturated carbocycles. The molecule has 1 aromatic rings. The standard InChI is InChI=1S/C16H26N4O/c1-3-5-14-18-15(17-4-2)10-16(19-14)20-11-6-7-12(20)9-13(21)8-11/h10-13,21H,3-9H2,1-2H3,(H,17,18,19). The third kappa shape index (κ3) is 2.98. The third-order valence-electron chi connectivity index (χ3n) is 4.56. The first-order valence-corrected chi connectivity index (χ1v) is 8.29. The first-order chi connectivity index (χ1) is 10.2. The first kappa shape index (κ1) is 14.6. The van der Waals surface area contributed by atoms with Crippen molar-refractivity contribution in [2.24, 2.45) is 0 Å². The zero-order valence-corrected chi connectivity index (χ0v) is 13.0. The summed E-state index contributed by atoms with van der Waals surface area (Å²) in [5.41, 5.74) is 0. The van der Waals surface area contributed by atoms with Gasteiger partial charge in [-0.25, -0.2) is 9.97 Å². The van der Waals surface area contributed by atoms with E-state index in [-0.39, 0.29) is 6.10 Å². The highest BCUT2D eigenvalue weighted by molar-refractivity contribution is 5.52. The molecule has 5 nitrogen and oxygen atoms in total. The van der Waals surface area contributed by atoms with Crippen LogP contribution >= 0.6 is 0 Å². The molecule has 3 rings (SSSR count). The van der Waals surface area contributed by atoms with E-state index in [1.807, 2.05) is 0 Å². The number of aromatic nitrogens is 2. The van der Waals surface area contributed by atoms with E-state index < -0.39 is 0 Å². The Labute approximate surface area is 126 Å².